The molecule has 0 radical (unpaired) electrons. The smallest absolute Gasteiger partial charge is 0.0783 e. The van der Waals surface area contributed by atoms with Gasteiger partial charge in [-0.05, 0) is 32.3 Å². The fourth-order valence-electron chi connectivity index (χ4n) is 5.81. The second-order valence-corrected chi connectivity index (χ2v) is 9.30. The molecule has 6 rings (SSSR count). The molecule has 4 aromatic carbocycles. The third-order valence-electron chi connectivity index (χ3n) is 7.99. The Morgan fingerprint density at radius 3 is 1.00 bits per heavy atom. The van der Waals surface area contributed by atoms with Crippen molar-refractivity contribution < 1.29 is 0 Å². The molecule has 2 heteroatoms. The Morgan fingerprint density at radius 1 is 0.500 bits per heavy atom. The summed E-state index contributed by atoms with van der Waals surface area (Å²) in [4.78, 5) is 0. The van der Waals surface area contributed by atoms with Crippen LogP contribution in [0.5, 0.6) is 0 Å². The molecule has 2 aliphatic rings. The van der Waals surface area contributed by atoms with Crippen molar-refractivity contribution in [2.75, 3.05) is 0 Å². The normalized spacial score (nSPS) is 27.8. The third-order valence-corrected chi connectivity index (χ3v) is 7.99. The molecule has 0 aliphatic carbocycles. The van der Waals surface area contributed by atoms with Gasteiger partial charge in [0.15, 0.2) is 13.4 Å². The lowest BCUT2D eigenvalue weighted by Gasteiger charge is -2.14. The monoisotopic (exact) mass is 334 g/mol. The molecule has 4 aromatic rings. The van der Waals surface area contributed by atoms with Crippen LogP contribution >= 0.6 is 0 Å². The van der Waals surface area contributed by atoms with E-state index in [4.69, 9.17) is 0 Å². The average molecular weight is 334 g/mol. The summed E-state index contributed by atoms with van der Waals surface area (Å²) in [7, 11) is 0. The zero-order valence-corrected chi connectivity index (χ0v) is 16.1. The number of hydrogen-bond acceptors (Lipinski definition) is 0. The molecule has 0 amide bonds. The summed E-state index contributed by atoms with van der Waals surface area (Å²) in [6, 6.07) is 19.3. The first-order valence-electron chi connectivity index (χ1n) is 10.3. The van der Waals surface area contributed by atoms with Crippen molar-refractivity contribution in [3.63, 3.8) is 0 Å². The van der Waals surface area contributed by atoms with Gasteiger partial charge in [0.2, 0.25) is 0 Å². The molecule has 126 valence electrons. The minimum absolute atomic E-state index is 0.751. The van der Waals surface area contributed by atoms with Crippen LogP contribution in [0.25, 0.3) is 32.3 Å². The highest BCUT2D eigenvalue weighted by molar-refractivity contribution is 6.86. The maximum atomic E-state index is 2.46. The largest absolute Gasteiger partial charge is 0.180 e. The predicted octanol–water partition coefficient (Wildman–Crippen LogP) is 5.58. The van der Waals surface area contributed by atoms with Crippen LogP contribution in [0.2, 0.25) is 23.3 Å². The van der Waals surface area contributed by atoms with E-state index in [1.807, 2.05) is 0 Å². The van der Waals surface area contributed by atoms with E-state index < -0.39 is 0 Å². The van der Waals surface area contributed by atoms with E-state index in [-0.39, 0.29) is 0 Å². The second-order valence-electron chi connectivity index (χ2n) is 9.30. The van der Waals surface area contributed by atoms with Crippen LogP contribution in [0, 0.1) is 0 Å². The standard InChI is InChI=1S/C24H24B2/c1-13-14(2)25(13)21-9-17-5-7-19-11-22(26-15(3)16(26)4)12-20-8-6-18(10-21)23(17)24(19)20/h5-16H,1-4H3. The zero-order chi connectivity index (χ0) is 17.7. The van der Waals surface area contributed by atoms with Gasteiger partial charge in [-0.2, -0.15) is 0 Å². The number of rotatable bonds is 2. The SMILES string of the molecule is CC1B(c2cc3ccc4cc(B5C(C)C5C)cc5ccc(c2)c3c45)C1C. The van der Waals surface area contributed by atoms with Crippen LogP contribution < -0.4 is 10.9 Å². The fraction of sp³-hybridized carbons (Fsp3) is 0.333. The minimum atomic E-state index is 0.751. The van der Waals surface area contributed by atoms with Crippen molar-refractivity contribution >= 4 is 56.7 Å². The van der Waals surface area contributed by atoms with E-state index >= 15 is 0 Å². The van der Waals surface area contributed by atoms with E-state index in [0.717, 1.165) is 36.7 Å². The molecule has 0 bridgehead atoms. The number of benzene rings is 4. The van der Waals surface area contributed by atoms with E-state index in [2.05, 4.69) is 76.2 Å². The highest BCUT2D eigenvalue weighted by atomic mass is 14.2. The summed E-state index contributed by atoms with van der Waals surface area (Å²) in [6.07, 6.45) is 0. The summed E-state index contributed by atoms with van der Waals surface area (Å²) < 4.78 is 0. The lowest BCUT2D eigenvalue weighted by molar-refractivity contribution is 1.02. The van der Waals surface area contributed by atoms with Crippen LogP contribution in [-0.4, -0.2) is 13.4 Å². The van der Waals surface area contributed by atoms with Crippen LogP contribution in [-0.2, 0) is 0 Å². The molecule has 0 saturated carbocycles. The Labute approximate surface area is 156 Å². The van der Waals surface area contributed by atoms with Gasteiger partial charge in [0.05, 0.1) is 0 Å². The van der Waals surface area contributed by atoms with Gasteiger partial charge in [-0.1, -0.05) is 110 Å². The van der Waals surface area contributed by atoms with Gasteiger partial charge in [0, 0.05) is 0 Å². The summed E-state index contributed by atoms with van der Waals surface area (Å²) in [5, 5.41) is 8.61. The first-order valence-corrected chi connectivity index (χ1v) is 10.3. The zero-order valence-electron chi connectivity index (χ0n) is 16.1. The Kier molecular flexibility index (Phi) is 2.83. The lowest BCUT2D eigenvalue weighted by Crippen LogP contribution is -2.18. The van der Waals surface area contributed by atoms with Gasteiger partial charge in [0.1, 0.15) is 0 Å². The fourth-order valence-corrected chi connectivity index (χ4v) is 5.81. The van der Waals surface area contributed by atoms with Crippen molar-refractivity contribution in [3.05, 3.63) is 48.5 Å². The molecule has 2 saturated heterocycles. The van der Waals surface area contributed by atoms with Gasteiger partial charge in [0.25, 0.3) is 0 Å². The highest BCUT2D eigenvalue weighted by Gasteiger charge is 2.48. The molecule has 4 unspecified atom stereocenters. The lowest BCUT2D eigenvalue weighted by atomic mass is 9.57. The molecule has 0 aromatic heterocycles. The first kappa shape index (κ1) is 15.1. The average Bonchev–Trinajstić information content (AvgIpc) is 3.46. The quantitative estimate of drug-likeness (QED) is 0.332. The molecule has 0 N–H and O–H groups in total. The Hall–Kier alpha value is -1.95. The van der Waals surface area contributed by atoms with Crippen LogP contribution in [0.4, 0.5) is 0 Å². The van der Waals surface area contributed by atoms with Gasteiger partial charge >= 0.3 is 0 Å². The maximum absolute atomic E-state index is 2.46. The molecule has 4 atom stereocenters. The van der Waals surface area contributed by atoms with E-state index in [9.17, 15) is 0 Å². The summed E-state index contributed by atoms with van der Waals surface area (Å²) in [5.74, 6) is 3.31. The van der Waals surface area contributed by atoms with Crippen molar-refractivity contribution in [2.24, 2.45) is 0 Å². The van der Waals surface area contributed by atoms with E-state index in [1.165, 1.54) is 43.2 Å². The van der Waals surface area contributed by atoms with E-state index in [1.54, 1.807) is 0 Å². The molecule has 2 aliphatic heterocycles. The van der Waals surface area contributed by atoms with Crippen LogP contribution in [0.15, 0.2) is 48.5 Å². The topological polar surface area (TPSA) is 0 Å². The summed E-state index contributed by atoms with van der Waals surface area (Å²) in [5.41, 5.74) is 3.08. The predicted molar refractivity (Wildman–Crippen MR) is 119 cm³/mol. The molecule has 2 fully saturated rings. The third kappa shape index (κ3) is 1.88. The molecule has 2 heterocycles. The molecule has 0 spiro atoms. The van der Waals surface area contributed by atoms with Gasteiger partial charge in [-0.3, -0.25) is 0 Å². The Morgan fingerprint density at radius 2 is 0.769 bits per heavy atom. The number of hydrogen-bond donors (Lipinski definition) is 0. The molecule has 26 heavy (non-hydrogen) atoms. The van der Waals surface area contributed by atoms with Crippen molar-refractivity contribution in [1.29, 1.82) is 0 Å². The highest BCUT2D eigenvalue weighted by Crippen LogP contribution is 2.50. The van der Waals surface area contributed by atoms with Gasteiger partial charge in [-0.25, -0.2) is 0 Å². The minimum Gasteiger partial charge on any atom is -0.0783 e. The molecular weight excluding hydrogens is 310 g/mol. The van der Waals surface area contributed by atoms with Gasteiger partial charge in [-0.15, -0.1) is 0 Å². The van der Waals surface area contributed by atoms with E-state index in [0.29, 0.717) is 0 Å². The van der Waals surface area contributed by atoms with Gasteiger partial charge < -0.3 is 0 Å². The van der Waals surface area contributed by atoms with Crippen molar-refractivity contribution in [2.45, 2.75) is 51.0 Å². The Bertz CT molecular complexity index is 1000. The van der Waals surface area contributed by atoms with Crippen molar-refractivity contribution in [1.82, 2.24) is 0 Å². The molecule has 0 nitrogen and oxygen atoms in total. The first-order chi connectivity index (χ1) is 12.5. The van der Waals surface area contributed by atoms with Crippen LogP contribution in [0.1, 0.15) is 27.7 Å². The van der Waals surface area contributed by atoms with Crippen molar-refractivity contribution in [3.8, 4) is 0 Å². The summed E-state index contributed by atoms with van der Waals surface area (Å²) >= 11 is 0. The maximum Gasteiger partial charge on any atom is 0.180 e. The second kappa shape index (κ2) is 4.85. The molecular formula is C24H24B2. The Balaban J connectivity index is 1.60. The summed E-state index contributed by atoms with van der Waals surface area (Å²) in [6.45, 7) is 11.1. The van der Waals surface area contributed by atoms with Crippen LogP contribution in [0.3, 0.4) is 0 Å².